The van der Waals surface area contributed by atoms with Crippen molar-refractivity contribution in [2.75, 3.05) is 0 Å². The summed E-state index contributed by atoms with van der Waals surface area (Å²) in [6.45, 7) is 1.93. The van der Waals surface area contributed by atoms with Gasteiger partial charge in [0.1, 0.15) is 11.6 Å². The predicted molar refractivity (Wildman–Crippen MR) is 70.1 cm³/mol. The molecular weight excluding hydrogens is 253 g/mol. The van der Waals surface area contributed by atoms with Crippen LogP contribution in [0.5, 0.6) is 0 Å². The van der Waals surface area contributed by atoms with Crippen LogP contribution in [0.25, 0.3) is 0 Å². The van der Waals surface area contributed by atoms with Crippen molar-refractivity contribution in [2.45, 2.75) is 38.6 Å². The van der Waals surface area contributed by atoms with Crippen LogP contribution in [0.2, 0.25) is 5.02 Å². The fourth-order valence-electron chi connectivity index (χ4n) is 2.58. The molecule has 1 aliphatic carbocycles. The summed E-state index contributed by atoms with van der Waals surface area (Å²) < 4.78 is 13.0. The number of nitrogens with two attached hydrogens (primary N) is 1. The molecule has 2 nitrogen and oxygen atoms in total. The summed E-state index contributed by atoms with van der Waals surface area (Å²) in [5.74, 6) is -0.341. The van der Waals surface area contributed by atoms with Crippen molar-refractivity contribution in [1.82, 2.24) is 0 Å². The summed E-state index contributed by atoms with van der Waals surface area (Å²) in [7, 11) is 0. The standard InChI is InChI=1S/C14H17ClFNO/c1-14(6-2-3-12(14)17)13(18)8-9-4-5-11(16)10(15)7-9/h4-5,7,12H,2-3,6,8,17H2,1H3. The van der Waals surface area contributed by atoms with Gasteiger partial charge in [-0.15, -0.1) is 0 Å². The number of halogens is 2. The normalized spacial score (nSPS) is 27.4. The molecule has 4 heteroatoms. The molecule has 0 heterocycles. The molecule has 1 aliphatic rings. The van der Waals surface area contributed by atoms with E-state index in [9.17, 15) is 9.18 Å². The molecule has 98 valence electrons. The Balaban J connectivity index is 2.14. The van der Waals surface area contributed by atoms with Gasteiger partial charge in [-0.25, -0.2) is 4.39 Å². The average molecular weight is 270 g/mol. The van der Waals surface area contributed by atoms with Crippen molar-refractivity contribution >= 4 is 17.4 Å². The Kier molecular flexibility index (Phi) is 3.74. The predicted octanol–water partition coefficient (Wildman–Crippen LogP) is 3.11. The molecule has 0 bridgehead atoms. The van der Waals surface area contributed by atoms with E-state index in [1.807, 2.05) is 6.92 Å². The molecule has 0 aromatic heterocycles. The fraction of sp³-hybridized carbons (Fsp3) is 0.500. The van der Waals surface area contributed by atoms with E-state index in [0.29, 0.717) is 0 Å². The van der Waals surface area contributed by atoms with E-state index >= 15 is 0 Å². The van der Waals surface area contributed by atoms with Gasteiger partial charge in [-0.2, -0.15) is 0 Å². The summed E-state index contributed by atoms with van der Waals surface area (Å²) in [5.41, 5.74) is 6.31. The lowest BCUT2D eigenvalue weighted by molar-refractivity contribution is -0.127. The van der Waals surface area contributed by atoms with Crippen LogP contribution in [-0.4, -0.2) is 11.8 Å². The maximum Gasteiger partial charge on any atom is 0.144 e. The number of rotatable bonds is 3. The minimum absolute atomic E-state index is 0.0566. The van der Waals surface area contributed by atoms with E-state index < -0.39 is 11.2 Å². The lowest BCUT2D eigenvalue weighted by atomic mass is 9.78. The third-order valence-corrected chi connectivity index (χ3v) is 4.30. The highest BCUT2D eigenvalue weighted by molar-refractivity contribution is 6.30. The summed E-state index contributed by atoms with van der Waals surface area (Å²) >= 11 is 5.71. The molecule has 0 saturated heterocycles. The molecule has 0 radical (unpaired) electrons. The van der Waals surface area contributed by atoms with Crippen molar-refractivity contribution in [3.8, 4) is 0 Å². The first-order valence-corrected chi connectivity index (χ1v) is 6.54. The zero-order chi connectivity index (χ0) is 13.3. The summed E-state index contributed by atoms with van der Waals surface area (Å²) in [5, 5.41) is 0.0566. The van der Waals surface area contributed by atoms with Crippen LogP contribution < -0.4 is 5.73 Å². The molecule has 2 N–H and O–H groups in total. The Morgan fingerprint density at radius 1 is 1.61 bits per heavy atom. The van der Waals surface area contributed by atoms with Gasteiger partial charge in [-0.3, -0.25) is 4.79 Å². The molecule has 1 fully saturated rings. The Morgan fingerprint density at radius 3 is 2.89 bits per heavy atom. The van der Waals surface area contributed by atoms with Gasteiger partial charge in [0.25, 0.3) is 0 Å². The first kappa shape index (κ1) is 13.5. The molecule has 2 unspecified atom stereocenters. The lowest BCUT2D eigenvalue weighted by Crippen LogP contribution is -2.41. The van der Waals surface area contributed by atoms with Crippen LogP contribution in [0.3, 0.4) is 0 Å². The minimum atomic E-state index is -0.461. The highest BCUT2D eigenvalue weighted by atomic mass is 35.5. The molecule has 0 spiro atoms. The van der Waals surface area contributed by atoms with E-state index in [0.717, 1.165) is 24.8 Å². The Bertz CT molecular complexity index is 477. The van der Waals surface area contributed by atoms with Gasteiger partial charge in [0.2, 0.25) is 0 Å². The molecule has 1 aromatic carbocycles. The minimum Gasteiger partial charge on any atom is -0.327 e. The Labute approximate surface area is 111 Å². The summed E-state index contributed by atoms with van der Waals surface area (Å²) in [6, 6.07) is 4.34. The second-order valence-corrected chi connectivity index (χ2v) is 5.67. The number of hydrogen-bond acceptors (Lipinski definition) is 2. The topological polar surface area (TPSA) is 43.1 Å². The smallest absolute Gasteiger partial charge is 0.144 e. The van der Waals surface area contributed by atoms with Gasteiger partial charge in [0.15, 0.2) is 0 Å². The van der Waals surface area contributed by atoms with Crippen LogP contribution in [0.4, 0.5) is 4.39 Å². The zero-order valence-corrected chi connectivity index (χ0v) is 11.1. The largest absolute Gasteiger partial charge is 0.327 e. The van der Waals surface area contributed by atoms with Crippen molar-refractivity contribution in [1.29, 1.82) is 0 Å². The van der Waals surface area contributed by atoms with E-state index in [-0.39, 0.29) is 23.3 Å². The monoisotopic (exact) mass is 269 g/mol. The third kappa shape index (κ3) is 2.43. The van der Waals surface area contributed by atoms with E-state index in [1.54, 1.807) is 6.07 Å². The SMILES string of the molecule is CC1(C(=O)Cc2ccc(F)c(Cl)c2)CCCC1N. The first-order chi connectivity index (χ1) is 8.43. The molecule has 2 rings (SSSR count). The number of carbonyl (C=O) groups is 1. The fourth-order valence-corrected chi connectivity index (χ4v) is 2.78. The highest BCUT2D eigenvalue weighted by Gasteiger charge is 2.42. The molecule has 0 amide bonds. The van der Waals surface area contributed by atoms with Crippen LogP contribution in [0, 0.1) is 11.2 Å². The van der Waals surface area contributed by atoms with Gasteiger partial charge in [-0.05, 0) is 30.5 Å². The molecule has 1 aromatic rings. The maximum absolute atomic E-state index is 13.0. The number of ketones is 1. The molecule has 2 atom stereocenters. The van der Waals surface area contributed by atoms with Crippen LogP contribution in [0.15, 0.2) is 18.2 Å². The first-order valence-electron chi connectivity index (χ1n) is 6.16. The van der Waals surface area contributed by atoms with Gasteiger partial charge >= 0.3 is 0 Å². The number of benzene rings is 1. The molecular formula is C14H17ClFNO. The van der Waals surface area contributed by atoms with Gasteiger partial charge in [0.05, 0.1) is 5.02 Å². The van der Waals surface area contributed by atoms with Crippen LogP contribution >= 0.6 is 11.6 Å². The Hall–Kier alpha value is -0.930. The van der Waals surface area contributed by atoms with Crippen molar-refractivity contribution < 1.29 is 9.18 Å². The van der Waals surface area contributed by atoms with Crippen molar-refractivity contribution in [2.24, 2.45) is 11.1 Å². The van der Waals surface area contributed by atoms with E-state index in [1.165, 1.54) is 12.1 Å². The highest BCUT2D eigenvalue weighted by Crippen LogP contribution is 2.38. The number of hydrogen-bond donors (Lipinski definition) is 1. The second kappa shape index (κ2) is 4.98. The molecule has 18 heavy (non-hydrogen) atoms. The molecule has 1 saturated carbocycles. The lowest BCUT2D eigenvalue weighted by Gasteiger charge is -2.27. The van der Waals surface area contributed by atoms with E-state index in [2.05, 4.69) is 0 Å². The van der Waals surface area contributed by atoms with Gasteiger partial charge in [0, 0.05) is 17.9 Å². The molecule has 0 aliphatic heterocycles. The second-order valence-electron chi connectivity index (χ2n) is 5.26. The average Bonchev–Trinajstić information content (AvgIpc) is 2.66. The Morgan fingerprint density at radius 2 is 2.33 bits per heavy atom. The van der Waals surface area contributed by atoms with Crippen LogP contribution in [0.1, 0.15) is 31.7 Å². The van der Waals surface area contributed by atoms with Crippen LogP contribution in [-0.2, 0) is 11.2 Å². The quantitative estimate of drug-likeness (QED) is 0.916. The zero-order valence-electron chi connectivity index (χ0n) is 10.4. The van der Waals surface area contributed by atoms with E-state index in [4.69, 9.17) is 17.3 Å². The van der Waals surface area contributed by atoms with Crippen molar-refractivity contribution in [3.05, 3.63) is 34.6 Å². The number of carbonyl (C=O) groups excluding carboxylic acids is 1. The summed E-state index contributed by atoms with van der Waals surface area (Å²) in [6.07, 6.45) is 2.99. The third-order valence-electron chi connectivity index (χ3n) is 4.02. The maximum atomic E-state index is 13.0. The van der Waals surface area contributed by atoms with Gasteiger partial charge in [-0.1, -0.05) is 31.0 Å². The van der Waals surface area contributed by atoms with Gasteiger partial charge < -0.3 is 5.73 Å². The summed E-state index contributed by atoms with van der Waals surface area (Å²) in [4.78, 5) is 12.3. The number of Topliss-reactive ketones (excluding diaryl/α,β-unsaturated/α-hetero) is 1. The van der Waals surface area contributed by atoms with Crippen molar-refractivity contribution in [3.63, 3.8) is 0 Å².